The summed E-state index contributed by atoms with van der Waals surface area (Å²) >= 11 is 0. The van der Waals surface area contributed by atoms with Gasteiger partial charge in [0.1, 0.15) is 6.61 Å². The largest absolute Gasteiger partial charge is 0.465 e. The minimum atomic E-state index is -0.234. The van der Waals surface area contributed by atoms with E-state index in [-0.39, 0.29) is 5.97 Å². The number of carbonyl (C=O) groups is 1. The second kappa shape index (κ2) is 6.91. The molecule has 1 N–H and O–H groups in total. The van der Waals surface area contributed by atoms with Gasteiger partial charge in [-0.25, -0.2) is 0 Å². The molecule has 0 spiro atoms. The Morgan fingerprint density at radius 1 is 1.29 bits per heavy atom. The van der Waals surface area contributed by atoms with Crippen molar-refractivity contribution in [1.82, 2.24) is 5.32 Å². The van der Waals surface area contributed by atoms with Crippen LogP contribution in [0, 0.1) is 0 Å². The van der Waals surface area contributed by atoms with Crippen LogP contribution in [0.4, 0.5) is 5.69 Å². The number of benzene rings is 1. The molecule has 0 aliphatic carbocycles. The van der Waals surface area contributed by atoms with Gasteiger partial charge in [0, 0.05) is 39.8 Å². The molecule has 0 radical (unpaired) electrons. The lowest BCUT2D eigenvalue weighted by Crippen LogP contribution is -2.20. The molecule has 4 nitrogen and oxygen atoms in total. The van der Waals surface area contributed by atoms with E-state index in [0.717, 1.165) is 6.54 Å². The Bertz CT molecular complexity index is 347. The van der Waals surface area contributed by atoms with Gasteiger partial charge >= 0.3 is 5.97 Å². The third-order valence-electron chi connectivity index (χ3n) is 2.37. The number of anilines is 1. The number of hydrogen-bond donors (Lipinski definition) is 1. The third-order valence-corrected chi connectivity index (χ3v) is 2.37. The van der Waals surface area contributed by atoms with Crippen LogP contribution in [0.1, 0.15) is 12.5 Å². The predicted octanol–water partition coefficient (Wildman–Crippen LogP) is 1.41. The van der Waals surface area contributed by atoms with Crippen LogP contribution in [-0.4, -0.2) is 33.2 Å². The molecule has 1 aromatic rings. The van der Waals surface area contributed by atoms with Crippen molar-refractivity contribution in [2.45, 2.75) is 13.5 Å². The number of hydrogen-bond acceptors (Lipinski definition) is 4. The quantitative estimate of drug-likeness (QED) is 0.599. The molecule has 0 saturated carbocycles. The smallest absolute Gasteiger partial charge is 0.302 e. The molecular formula is C13H20N2O2. The van der Waals surface area contributed by atoms with E-state index in [1.54, 1.807) is 0 Å². The molecule has 17 heavy (non-hydrogen) atoms. The van der Waals surface area contributed by atoms with Crippen molar-refractivity contribution in [2.24, 2.45) is 0 Å². The van der Waals surface area contributed by atoms with Crippen LogP contribution in [0.15, 0.2) is 24.3 Å². The first kappa shape index (κ1) is 13.5. The van der Waals surface area contributed by atoms with Crippen LogP contribution < -0.4 is 10.2 Å². The lowest BCUT2D eigenvalue weighted by Gasteiger charge is -2.12. The van der Waals surface area contributed by atoms with E-state index in [0.29, 0.717) is 13.2 Å². The second-order valence-corrected chi connectivity index (χ2v) is 4.08. The van der Waals surface area contributed by atoms with Crippen LogP contribution in [0.5, 0.6) is 0 Å². The predicted molar refractivity (Wildman–Crippen MR) is 69.1 cm³/mol. The van der Waals surface area contributed by atoms with Crippen LogP contribution in [-0.2, 0) is 16.1 Å². The maximum absolute atomic E-state index is 10.5. The van der Waals surface area contributed by atoms with Crippen LogP contribution in [0.3, 0.4) is 0 Å². The summed E-state index contributed by atoms with van der Waals surface area (Å²) < 4.78 is 4.82. The van der Waals surface area contributed by atoms with Gasteiger partial charge in [0.05, 0.1) is 0 Å². The van der Waals surface area contributed by atoms with E-state index in [9.17, 15) is 4.79 Å². The first-order valence-electron chi connectivity index (χ1n) is 5.70. The fourth-order valence-corrected chi connectivity index (χ4v) is 1.41. The van der Waals surface area contributed by atoms with Crippen molar-refractivity contribution in [3.8, 4) is 0 Å². The molecule has 0 heterocycles. The highest BCUT2D eigenvalue weighted by Crippen LogP contribution is 2.11. The average Bonchev–Trinajstić information content (AvgIpc) is 2.29. The first-order valence-corrected chi connectivity index (χ1v) is 5.70. The van der Waals surface area contributed by atoms with Gasteiger partial charge in [0.15, 0.2) is 0 Å². The Balaban J connectivity index is 2.25. The molecule has 4 heteroatoms. The molecule has 0 aliphatic rings. The first-order chi connectivity index (χ1) is 8.09. The summed E-state index contributed by atoms with van der Waals surface area (Å²) in [6, 6.07) is 8.36. The standard InChI is InChI=1S/C13H20N2O2/c1-11(16)17-9-8-14-10-12-4-6-13(7-5-12)15(2)3/h4-7,14H,8-10H2,1-3H3. The fourth-order valence-electron chi connectivity index (χ4n) is 1.41. The monoisotopic (exact) mass is 236 g/mol. The molecule has 1 aromatic carbocycles. The number of rotatable bonds is 6. The molecular weight excluding hydrogens is 216 g/mol. The number of nitrogens with zero attached hydrogens (tertiary/aromatic N) is 1. The Morgan fingerprint density at radius 3 is 2.47 bits per heavy atom. The van der Waals surface area contributed by atoms with Crippen LogP contribution in [0.25, 0.3) is 0 Å². The zero-order valence-corrected chi connectivity index (χ0v) is 10.7. The van der Waals surface area contributed by atoms with Crippen molar-refractivity contribution in [2.75, 3.05) is 32.1 Å². The summed E-state index contributed by atoms with van der Waals surface area (Å²) in [6.45, 7) is 3.30. The lowest BCUT2D eigenvalue weighted by molar-refractivity contribution is -0.140. The maximum Gasteiger partial charge on any atom is 0.302 e. The maximum atomic E-state index is 10.5. The van der Waals surface area contributed by atoms with E-state index >= 15 is 0 Å². The summed E-state index contributed by atoms with van der Waals surface area (Å²) in [5.41, 5.74) is 2.41. The molecule has 0 aliphatic heterocycles. The number of ether oxygens (including phenoxy) is 1. The molecule has 0 saturated heterocycles. The van der Waals surface area contributed by atoms with Gasteiger partial charge in [-0.1, -0.05) is 12.1 Å². The molecule has 0 bridgehead atoms. The zero-order chi connectivity index (χ0) is 12.7. The summed E-state index contributed by atoms with van der Waals surface area (Å²) in [5.74, 6) is -0.234. The summed E-state index contributed by atoms with van der Waals surface area (Å²) in [4.78, 5) is 12.6. The highest BCUT2D eigenvalue weighted by atomic mass is 16.5. The van der Waals surface area contributed by atoms with E-state index in [4.69, 9.17) is 4.74 Å². The zero-order valence-electron chi connectivity index (χ0n) is 10.7. The third kappa shape index (κ3) is 5.36. The van der Waals surface area contributed by atoms with Gasteiger partial charge in [-0.2, -0.15) is 0 Å². The second-order valence-electron chi connectivity index (χ2n) is 4.08. The summed E-state index contributed by atoms with van der Waals surface area (Å²) in [5, 5.41) is 3.21. The highest BCUT2D eigenvalue weighted by Gasteiger charge is 1.96. The van der Waals surface area contributed by atoms with E-state index in [2.05, 4.69) is 34.5 Å². The van der Waals surface area contributed by atoms with Crippen molar-refractivity contribution < 1.29 is 9.53 Å². The van der Waals surface area contributed by atoms with Crippen molar-refractivity contribution in [3.63, 3.8) is 0 Å². The topological polar surface area (TPSA) is 41.6 Å². The Kier molecular flexibility index (Phi) is 5.49. The minimum Gasteiger partial charge on any atom is -0.465 e. The Labute approximate surface area is 103 Å². The van der Waals surface area contributed by atoms with Gasteiger partial charge in [-0.3, -0.25) is 4.79 Å². The number of nitrogens with one attached hydrogen (secondary N) is 1. The van der Waals surface area contributed by atoms with Crippen molar-refractivity contribution >= 4 is 11.7 Å². The minimum absolute atomic E-state index is 0.234. The molecule has 0 atom stereocenters. The SMILES string of the molecule is CC(=O)OCCNCc1ccc(N(C)C)cc1. The molecule has 0 aromatic heterocycles. The van der Waals surface area contributed by atoms with Crippen molar-refractivity contribution in [3.05, 3.63) is 29.8 Å². The molecule has 1 rings (SSSR count). The normalized spacial score (nSPS) is 10.1. The lowest BCUT2D eigenvalue weighted by atomic mass is 10.2. The Morgan fingerprint density at radius 2 is 1.94 bits per heavy atom. The molecule has 0 amide bonds. The average molecular weight is 236 g/mol. The van der Waals surface area contributed by atoms with Gasteiger partial charge in [0.25, 0.3) is 0 Å². The van der Waals surface area contributed by atoms with E-state index < -0.39 is 0 Å². The summed E-state index contributed by atoms with van der Waals surface area (Å²) in [6.07, 6.45) is 0. The van der Waals surface area contributed by atoms with Gasteiger partial charge in [-0.15, -0.1) is 0 Å². The van der Waals surface area contributed by atoms with Gasteiger partial charge in [0.2, 0.25) is 0 Å². The highest BCUT2D eigenvalue weighted by molar-refractivity contribution is 5.65. The van der Waals surface area contributed by atoms with E-state index in [1.165, 1.54) is 18.2 Å². The summed E-state index contributed by atoms with van der Waals surface area (Å²) in [7, 11) is 4.04. The molecule has 0 fully saturated rings. The fraction of sp³-hybridized carbons (Fsp3) is 0.462. The Hall–Kier alpha value is -1.55. The van der Waals surface area contributed by atoms with Crippen LogP contribution >= 0.6 is 0 Å². The molecule has 0 unspecified atom stereocenters. The van der Waals surface area contributed by atoms with E-state index in [1.807, 2.05) is 14.1 Å². The van der Waals surface area contributed by atoms with Gasteiger partial charge < -0.3 is 15.0 Å². The van der Waals surface area contributed by atoms with Gasteiger partial charge in [-0.05, 0) is 17.7 Å². The number of esters is 1. The number of carbonyl (C=O) groups excluding carboxylic acids is 1. The van der Waals surface area contributed by atoms with Crippen molar-refractivity contribution in [1.29, 1.82) is 0 Å². The van der Waals surface area contributed by atoms with Crippen LogP contribution in [0.2, 0.25) is 0 Å². The molecule has 94 valence electrons.